The molecule has 0 aliphatic heterocycles. The van der Waals surface area contributed by atoms with E-state index < -0.39 is 37.2 Å². The molecular weight excluding hydrogens is 256 g/mol. The van der Waals surface area contributed by atoms with Crippen LogP contribution in [0.1, 0.15) is 13.3 Å². The lowest BCUT2D eigenvalue weighted by atomic mass is 10.3. The van der Waals surface area contributed by atoms with Crippen LogP contribution in [0.25, 0.3) is 0 Å². The third-order valence-corrected chi connectivity index (χ3v) is 4.08. The summed E-state index contributed by atoms with van der Waals surface area (Å²) in [6.07, 6.45) is -0.111. The summed E-state index contributed by atoms with van der Waals surface area (Å²) in [4.78, 5) is 0. The van der Waals surface area contributed by atoms with Gasteiger partial charge in [-0.1, -0.05) is 14.7 Å². The summed E-state index contributed by atoms with van der Waals surface area (Å²) in [6.45, 7) is 0.940. The van der Waals surface area contributed by atoms with E-state index in [1.165, 1.54) is 6.92 Å². The first kappa shape index (κ1) is 14.7. The Labute approximate surface area is 87.5 Å². The van der Waals surface area contributed by atoms with Crippen LogP contribution >= 0.6 is 0 Å². The molecule has 0 rings (SSSR count). The molecule has 0 aromatic heterocycles. The maximum Gasteiger partial charge on any atom is 0.390 e. The number of methoxy groups -OCH3 is 1. The van der Waals surface area contributed by atoms with Gasteiger partial charge >= 0.3 is 20.8 Å². The fourth-order valence-corrected chi connectivity index (χ4v) is 2.97. The van der Waals surface area contributed by atoms with Gasteiger partial charge in [-0.05, 0) is 10.1 Å². The molecule has 1 atom stereocenters. The molecular formula is C5H11F2NO5S2. The monoisotopic (exact) mass is 267 g/mol. The van der Waals surface area contributed by atoms with Gasteiger partial charge in [0.2, 0.25) is 0 Å². The summed E-state index contributed by atoms with van der Waals surface area (Å²) < 4.78 is 70.5. The molecule has 0 fully saturated rings. The molecule has 0 bridgehead atoms. The first-order chi connectivity index (χ1) is 6.64. The van der Waals surface area contributed by atoms with Crippen LogP contribution in [0.2, 0.25) is 0 Å². The van der Waals surface area contributed by atoms with Crippen LogP contribution in [0.3, 0.4) is 0 Å². The maximum absolute atomic E-state index is 12.5. The van der Waals surface area contributed by atoms with Crippen molar-refractivity contribution in [3.8, 4) is 0 Å². The Bertz CT molecular complexity index is 360. The smallest absolute Gasteiger partial charge is 0.383 e. The summed E-state index contributed by atoms with van der Waals surface area (Å²) in [5.41, 5.74) is 0. The lowest BCUT2D eigenvalue weighted by Crippen LogP contribution is -2.42. The van der Waals surface area contributed by atoms with Crippen molar-refractivity contribution in [3.05, 3.63) is 0 Å². The molecule has 0 heterocycles. The number of hydrogen-bond acceptors (Lipinski definition) is 5. The first-order valence-corrected chi connectivity index (χ1v) is 6.50. The van der Waals surface area contributed by atoms with Crippen molar-refractivity contribution >= 4 is 20.8 Å². The highest BCUT2D eigenvalue weighted by atomic mass is 32.3. The van der Waals surface area contributed by atoms with Crippen molar-refractivity contribution in [2.45, 2.75) is 19.4 Å². The van der Waals surface area contributed by atoms with Gasteiger partial charge in [-0.2, -0.15) is 16.8 Å². The van der Waals surface area contributed by atoms with E-state index in [1.807, 2.05) is 0 Å². The highest BCUT2D eigenvalue weighted by molar-refractivity contribution is 7.99. The summed E-state index contributed by atoms with van der Waals surface area (Å²) in [5.74, 6) is 0. The quantitative estimate of drug-likeness (QED) is 0.639. The second-order valence-corrected chi connectivity index (χ2v) is 5.29. The molecule has 0 saturated carbocycles. The van der Waals surface area contributed by atoms with Gasteiger partial charge in [-0.25, -0.2) is 0 Å². The molecule has 0 spiro atoms. The summed E-state index contributed by atoms with van der Waals surface area (Å²) in [7, 11) is -10.2. The number of nitrogens with zero attached hydrogens (tertiary/aromatic N) is 1. The van der Waals surface area contributed by atoms with E-state index in [0.29, 0.717) is 0 Å². The zero-order valence-electron chi connectivity index (χ0n) is 8.05. The number of ether oxygens (including phenoxy) is 1. The van der Waals surface area contributed by atoms with Crippen molar-refractivity contribution in [2.75, 3.05) is 13.7 Å². The molecule has 0 aliphatic rings. The lowest BCUT2D eigenvalue weighted by molar-refractivity contribution is 0.150. The van der Waals surface area contributed by atoms with Gasteiger partial charge in [0.15, 0.2) is 0 Å². The van der Waals surface area contributed by atoms with E-state index in [4.69, 9.17) is 0 Å². The van der Waals surface area contributed by atoms with Crippen LogP contribution in [0, 0.1) is 0 Å². The minimum absolute atomic E-state index is 0.111. The van der Waals surface area contributed by atoms with Crippen molar-refractivity contribution in [1.82, 2.24) is 3.71 Å². The Balaban J connectivity index is 5.30. The Morgan fingerprint density at radius 3 is 1.80 bits per heavy atom. The summed E-state index contributed by atoms with van der Waals surface area (Å²) >= 11 is 0. The number of rotatable bonds is 6. The number of halogens is 2. The minimum Gasteiger partial charge on any atom is -0.383 e. The SMILES string of the molecule is CCC(COC)N(S(=O)(=O)F)S(=O)(=O)F. The van der Waals surface area contributed by atoms with E-state index in [2.05, 4.69) is 4.74 Å². The average molecular weight is 267 g/mol. The molecule has 10 heteroatoms. The second kappa shape index (κ2) is 5.14. The predicted molar refractivity (Wildman–Crippen MR) is 47.8 cm³/mol. The Morgan fingerprint density at radius 1 is 1.20 bits per heavy atom. The van der Waals surface area contributed by atoms with Crippen LogP contribution < -0.4 is 0 Å². The second-order valence-electron chi connectivity index (χ2n) is 2.63. The van der Waals surface area contributed by atoms with Crippen molar-refractivity contribution in [1.29, 1.82) is 0 Å². The van der Waals surface area contributed by atoms with E-state index in [1.54, 1.807) is 0 Å². The molecule has 0 aromatic rings. The number of hydrogen-bond donors (Lipinski definition) is 0. The molecule has 0 N–H and O–H groups in total. The average Bonchev–Trinajstić information content (AvgIpc) is 1.98. The third-order valence-electron chi connectivity index (χ3n) is 1.56. The molecule has 15 heavy (non-hydrogen) atoms. The molecule has 0 radical (unpaired) electrons. The fourth-order valence-electron chi connectivity index (χ4n) is 0.983. The van der Waals surface area contributed by atoms with E-state index in [0.717, 1.165) is 7.11 Å². The standard InChI is InChI=1S/C5H11F2NO5S2/c1-3-5(4-13-2)8(14(6,9)10)15(7,11)12/h5H,3-4H2,1-2H3. The van der Waals surface area contributed by atoms with Gasteiger partial charge in [0, 0.05) is 7.11 Å². The van der Waals surface area contributed by atoms with Gasteiger partial charge in [0.05, 0.1) is 12.6 Å². The molecule has 0 saturated heterocycles. The van der Waals surface area contributed by atoms with E-state index in [-0.39, 0.29) is 6.42 Å². The molecule has 1 unspecified atom stereocenters. The molecule has 0 aromatic carbocycles. The molecule has 0 aliphatic carbocycles. The Morgan fingerprint density at radius 2 is 1.60 bits per heavy atom. The van der Waals surface area contributed by atoms with Gasteiger partial charge in [0.1, 0.15) is 0 Å². The third kappa shape index (κ3) is 4.36. The predicted octanol–water partition coefficient (Wildman–Crippen LogP) is 0.142. The molecule has 0 amide bonds. The van der Waals surface area contributed by atoms with Crippen LogP contribution in [-0.4, -0.2) is 40.3 Å². The van der Waals surface area contributed by atoms with E-state index >= 15 is 0 Å². The normalized spacial score (nSPS) is 15.5. The maximum atomic E-state index is 12.5. The van der Waals surface area contributed by atoms with Crippen molar-refractivity contribution in [3.63, 3.8) is 0 Å². The van der Waals surface area contributed by atoms with Gasteiger partial charge in [0.25, 0.3) is 0 Å². The Kier molecular flexibility index (Phi) is 5.03. The van der Waals surface area contributed by atoms with Crippen LogP contribution in [0.5, 0.6) is 0 Å². The largest absolute Gasteiger partial charge is 0.390 e. The van der Waals surface area contributed by atoms with Crippen LogP contribution in [0.4, 0.5) is 7.77 Å². The lowest BCUT2D eigenvalue weighted by Gasteiger charge is -2.21. The van der Waals surface area contributed by atoms with Gasteiger partial charge in [-0.15, -0.1) is 0 Å². The zero-order chi connectivity index (χ0) is 12.3. The summed E-state index contributed by atoms with van der Waals surface area (Å²) in [5, 5.41) is 0. The Hall–Kier alpha value is -0.320. The highest BCUT2D eigenvalue weighted by Crippen LogP contribution is 2.18. The van der Waals surface area contributed by atoms with Crippen LogP contribution in [-0.2, 0) is 25.6 Å². The van der Waals surface area contributed by atoms with Gasteiger partial charge < -0.3 is 4.74 Å². The zero-order valence-corrected chi connectivity index (χ0v) is 9.69. The first-order valence-electron chi connectivity index (χ1n) is 3.82. The summed E-state index contributed by atoms with van der Waals surface area (Å²) in [6, 6.07) is -1.43. The topological polar surface area (TPSA) is 80.8 Å². The van der Waals surface area contributed by atoms with Crippen LogP contribution in [0.15, 0.2) is 0 Å². The minimum atomic E-state index is -5.67. The molecule has 92 valence electrons. The van der Waals surface area contributed by atoms with Gasteiger partial charge in [-0.3, -0.25) is 0 Å². The fraction of sp³-hybridized carbons (Fsp3) is 1.00. The van der Waals surface area contributed by atoms with Crippen molar-refractivity contribution < 1.29 is 29.3 Å². The van der Waals surface area contributed by atoms with Crippen molar-refractivity contribution in [2.24, 2.45) is 0 Å². The molecule has 6 nitrogen and oxygen atoms in total. The highest BCUT2D eigenvalue weighted by Gasteiger charge is 2.40. The van der Waals surface area contributed by atoms with E-state index in [9.17, 15) is 24.6 Å².